The number of likely N-dealkylation sites (N-methyl/N-ethyl adjacent to an activating group) is 1. The van der Waals surface area contributed by atoms with Gasteiger partial charge in [-0.3, -0.25) is 9.69 Å². The molecule has 0 aliphatic rings. The number of carbonyl (C=O) groups is 1. The average Bonchev–Trinajstić information content (AvgIpc) is 2.44. The Hall–Kier alpha value is -1.99. The monoisotopic (exact) mass is 288 g/mol. The number of nitrogens with zero attached hydrogens (tertiary/aromatic N) is 1. The molecule has 4 heteroatoms. The van der Waals surface area contributed by atoms with E-state index in [1.54, 1.807) is 0 Å². The van der Waals surface area contributed by atoms with Crippen molar-refractivity contribution in [2.24, 2.45) is 0 Å². The van der Waals surface area contributed by atoms with Crippen LogP contribution in [-0.4, -0.2) is 36.5 Å². The van der Waals surface area contributed by atoms with Crippen molar-refractivity contribution in [2.75, 3.05) is 13.7 Å². The molecule has 0 bridgehead atoms. The van der Waals surface area contributed by atoms with E-state index in [0.717, 1.165) is 11.3 Å². The van der Waals surface area contributed by atoms with Crippen LogP contribution in [0.4, 0.5) is 0 Å². The molecule has 0 aliphatic heterocycles. The summed E-state index contributed by atoms with van der Waals surface area (Å²) in [6.45, 7) is 6.65. The Balaban J connectivity index is 2.72. The second kappa shape index (κ2) is 8.33. The van der Waals surface area contributed by atoms with Crippen LogP contribution >= 0.6 is 0 Å². The lowest BCUT2D eigenvalue weighted by atomic mass is 10.1. The number of ether oxygens (including phenoxy) is 1. The van der Waals surface area contributed by atoms with Crippen LogP contribution in [0.2, 0.25) is 0 Å². The maximum absolute atomic E-state index is 12.0. The SMILES string of the molecule is C#CCOc1ccccc1CN(C)C(C)C(=O)NC(C)C. The third kappa shape index (κ3) is 5.49. The minimum Gasteiger partial charge on any atom is -0.481 e. The van der Waals surface area contributed by atoms with E-state index in [1.807, 2.05) is 57.0 Å². The minimum absolute atomic E-state index is 0.0227. The number of amides is 1. The van der Waals surface area contributed by atoms with Crippen LogP contribution in [0.15, 0.2) is 24.3 Å². The predicted octanol–water partition coefficient (Wildman–Crippen LogP) is 2.04. The van der Waals surface area contributed by atoms with E-state index in [0.29, 0.717) is 6.54 Å². The van der Waals surface area contributed by atoms with Gasteiger partial charge in [-0.05, 0) is 33.9 Å². The molecule has 0 spiro atoms. The van der Waals surface area contributed by atoms with Gasteiger partial charge in [-0.25, -0.2) is 0 Å². The zero-order valence-electron chi connectivity index (χ0n) is 13.2. The molecule has 0 radical (unpaired) electrons. The zero-order chi connectivity index (χ0) is 15.8. The molecule has 1 amide bonds. The van der Waals surface area contributed by atoms with Crippen LogP contribution in [0.25, 0.3) is 0 Å². The fraction of sp³-hybridized carbons (Fsp3) is 0.471. The molecule has 1 aromatic rings. The quantitative estimate of drug-likeness (QED) is 0.781. The Kier molecular flexibility index (Phi) is 6.77. The van der Waals surface area contributed by atoms with Gasteiger partial charge in [0.1, 0.15) is 12.4 Å². The Bertz CT molecular complexity index is 506. The fourth-order valence-corrected chi connectivity index (χ4v) is 1.91. The summed E-state index contributed by atoms with van der Waals surface area (Å²) < 4.78 is 5.53. The number of hydrogen-bond acceptors (Lipinski definition) is 3. The summed E-state index contributed by atoms with van der Waals surface area (Å²) in [7, 11) is 1.92. The molecule has 21 heavy (non-hydrogen) atoms. The Labute approximate surface area is 127 Å². The molecule has 1 N–H and O–H groups in total. The summed E-state index contributed by atoms with van der Waals surface area (Å²) in [5.41, 5.74) is 1.01. The lowest BCUT2D eigenvalue weighted by Crippen LogP contribution is -2.45. The summed E-state index contributed by atoms with van der Waals surface area (Å²) in [4.78, 5) is 14.0. The van der Waals surface area contributed by atoms with Crippen molar-refractivity contribution < 1.29 is 9.53 Å². The molecular formula is C17H24N2O2. The Morgan fingerprint density at radius 2 is 2.05 bits per heavy atom. The normalized spacial score (nSPS) is 12.0. The molecule has 0 fully saturated rings. The second-order valence-electron chi connectivity index (χ2n) is 5.35. The van der Waals surface area contributed by atoms with Crippen LogP contribution < -0.4 is 10.1 Å². The van der Waals surface area contributed by atoms with E-state index in [9.17, 15) is 4.79 Å². The van der Waals surface area contributed by atoms with Crippen molar-refractivity contribution in [1.29, 1.82) is 0 Å². The summed E-state index contributed by atoms with van der Waals surface area (Å²) in [5.74, 6) is 3.24. The topological polar surface area (TPSA) is 41.6 Å². The van der Waals surface area contributed by atoms with Gasteiger partial charge in [0.2, 0.25) is 5.91 Å². The standard InChI is InChI=1S/C17H24N2O2/c1-6-11-21-16-10-8-7-9-15(16)12-19(5)14(4)17(20)18-13(2)3/h1,7-10,13-14H,11-12H2,2-5H3,(H,18,20). The largest absolute Gasteiger partial charge is 0.481 e. The smallest absolute Gasteiger partial charge is 0.237 e. The van der Waals surface area contributed by atoms with Gasteiger partial charge in [-0.2, -0.15) is 0 Å². The van der Waals surface area contributed by atoms with E-state index in [4.69, 9.17) is 11.2 Å². The Morgan fingerprint density at radius 3 is 2.67 bits per heavy atom. The number of terminal acetylenes is 1. The van der Waals surface area contributed by atoms with Gasteiger partial charge in [0.15, 0.2) is 0 Å². The van der Waals surface area contributed by atoms with Crippen LogP contribution in [0.3, 0.4) is 0 Å². The molecular weight excluding hydrogens is 264 g/mol. The maximum atomic E-state index is 12.0. The van der Waals surface area contributed by atoms with Crippen molar-refractivity contribution in [3.8, 4) is 18.1 Å². The highest BCUT2D eigenvalue weighted by molar-refractivity contribution is 5.81. The van der Waals surface area contributed by atoms with Crippen LogP contribution in [0.1, 0.15) is 26.3 Å². The molecule has 1 atom stereocenters. The third-order valence-corrected chi connectivity index (χ3v) is 3.17. The molecule has 1 aromatic carbocycles. The minimum atomic E-state index is -0.215. The summed E-state index contributed by atoms with van der Waals surface area (Å²) in [6.07, 6.45) is 5.22. The van der Waals surface area contributed by atoms with E-state index in [1.165, 1.54) is 0 Å². The third-order valence-electron chi connectivity index (χ3n) is 3.17. The van der Waals surface area contributed by atoms with E-state index in [-0.39, 0.29) is 24.6 Å². The Morgan fingerprint density at radius 1 is 1.38 bits per heavy atom. The molecule has 0 aliphatic carbocycles. The lowest BCUT2D eigenvalue weighted by molar-refractivity contribution is -0.126. The van der Waals surface area contributed by atoms with Crippen molar-refractivity contribution >= 4 is 5.91 Å². The molecule has 1 rings (SSSR count). The fourth-order valence-electron chi connectivity index (χ4n) is 1.91. The first-order valence-corrected chi connectivity index (χ1v) is 7.10. The van der Waals surface area contributed by atoms with E-state index >= 15 is 0 Å². The number of carbonyl (C=O) groups excluding carboxylic acids is 1. The van der Waals surface area contributed by atoms with Gasteiger partial charge in [-0.15, -0.1) is 6.42 Å². The van der Waals surface area contributed by atoms with Gasteiger partial charge >= 0.3 is 0 Å². The van der Waals surface area contributed by atoms with Crippen molar-refractivity contribution in [1.82, 2.24) is 10.2 Å². The molecule has 0 aromatic heterocycles. The lowest BCUT2D eigenvalue weighted by Gasteiger charge is -2.25. The highest BCUT2D eigenvalue weighted by atomic mass is 16.5. The number of rotatable bonds is 7. The molecule has 1 unspecified atom stereocenters. The van der Waals surface area contributed by atoms with E-state index < -0.39 is 0 Å². The highest BCUT2D eigenvalue weighted by Gasteiger charge is 2.19. The molecule has 4 nitrogen and oxygen atoms in total. The first-order valence-electron chi connectivity index (χ1n) is 7.10. The number of benzene rings is 1. The number of nitrogens with one attached hydrogen (secondary N) is 1. The van der Waals surface area contributed by atoms with Crippen LogP contribution in [0, 0.1) is 12.3 Å². The zero-order valence-corrected chi connectivity index (χ0v) is 13.2. The highest BCUT2D eigenvalue weighted by Crippen LogP contribution is 2.20. The predicted molar refractivity (Wildman–Crippen MR) is 85.0 cm³/mol. The van der Waals surface area contributed by atoms with Crippen molar-refractivity contribution in [3.63, 3.8) is 0 Å². The van der Waals surface area contributed by atoms with Gasteiger partial charge < -0.3 is 10.1 Å². The van der Waals surface area contributed by atoms with E-state index in [2.05, 4.69) is 11.2 Å². The first kappa shape index (κ1) is 17.1. The van der Waals surface area contributed by atoms with Crippen LogP contribution in [0.5, 0.6) is 5.75 Å². The van der Waals surface area contributed by atoms with Gasteiger partial charge in [-0.1, -0.05) is 24.1 Å². The first-order chi connectivity index (χ1) is 9.95. The molecule has 0 saturated carbocycles. The number of para-hydroxylation sites is 1. The van der Waals surface area contributed by atoms with Crippen LogP contribution in [-0.2, 0) is 11.3 Å². The maximum Gasteiger partial charge on any atom is 0.237 e. The molecule has 114 valence electrons. The van der Waals surface area contributed by atoms with Gasteiger partial charge in [0, 0.05) is 18.2 Å². The van der Waals surface area contributed by atoms with Crippen molar-refractivity contribution in [2.45, 2.75) is 39.4 Å². The van der Waals surface area contributed by atoms with Gasteiger partial charge in [0.25, 0.3) is 0 Å². The summed E-state index contributed by atoms with van der Waals surface area (Å²) in [6, 6.07) is 7.65. The second-order valence-corrected chi connectivity index (χ2v) is 5.35. The average molecular weight is 288 g/mol. The summed E-state index contributed by atoms with van der Waals surface area (Å²) in [5, 5.41) is 2.92. The number of hydrogen-bond donors (Lipinski definition) is 1. The van der Waals surface area contributed by atoms with Gasteiger partial charge in [0.05, 0.1) is 6.04 Å². The molecule has 0 heterocycles. The molecule has 0 saturated heterocycles. The van der Waals surface area contributed by atoms with Crippen molar-refractivity contribution in [3.05, 3.63) is 29.8 Å². The summed E-state index contributed by atoms with van der Waals surface area (Å²) >= 11 is 0.